The molecule has 0 fully saturated rings. The fourth-order valence-electron chi connectivity index (χ4n) is 10.2. The maximum absolute atomic E-state index is 9.60. The van der Waals surface area contributed by atoms with E-state index in [0.717, 1.165) is 33.4 Å². The van der Waals surface area contributed by atoms with E-state index in [4.69, 9.17) is 5.73 Å². The summed E-state index contributed by atoms with van der Waals surface area (Å²) >= 11 is 0. The van der Waals surface area contributed by atoms with Gasteiger partial charge in [0.2, 0.25) is 0 Å². The van der Waals surface area contributed by atoms with Gasteiger partial charge in [0.1, 0.15) is 0 Å². The molecule has 0 heterocycles. The van der Waals surface area contributed by atoms with Crippen molar-refractivity contribution in [3.05, 3.63) is 281 Å². The smallest absolute Gasteiger partial charge is 0.0719 e. The van der Waals surface area contributed by atoms with Gasteiger partial charge in [0.05, 0.1) is 11.1 Å². The molecule has 11 rings (SSSR count). The van der Waals surface area contributed by atoms with E-state index >= 15 is 0 Å². The Bertz CT molecular complexity index is 3130. The topological polar surface area (TPSA) is 49.9 Å². The summed E-state index contributed by atoms with van der Waals surface area (Å²) in [5, 5.41) is 9.60. The van der Waals surface area contributed by atoms with Crippen molar-refractivity contribution >= 4 is 11.4 Å². The second-order valence-electron chi connectivity index (χ2n) is 17.5. The zero-order chi connectivity index (χ0) is 43.8. The molecule has 0 saturated carbocycles. The first-order chi connectivity index (χ1) is 31.2. The maximum Gasteiger partial charge on any atom is 0.0719 e. The van der Waals surface area contributed by atoms with Gasteiger partial charge in [0, 0.05) is 16.7 Å². The minimum absolute atomic E-state index is 0.192. The zero-order valence-electron chi connectivity index (χ0n) is 36.5. The van der Waals surface area contributed by atoms with Crippen LogP contribution in [0.2, 0.25) is 0 Å². The third kappa shape index (κ3) is 6.89. The van der Waals surface area contributed by atoms with Gasteiger partial charge in [-0.1, -0.05) is 238 Å². The summed E-state index contributed by atoms with van der Waals surface area (Å²) in [5.74, 6) is 0. The van der Waals surface area contributed by atoms with Crippen LogP contribution in [0.5, 0.6) is 0 Å². The van der Waals surface area contributed by atoms with Crippen LogP contribution in [0.25, 0.3) is 50.2 Å². The summed E-state index contributed by atoms with van der Waals surface area (Å²) in [4.78, 5) is 0. The fraction of sp³-hybridized carbons (Fsp3) is 0.0806. The lowest BCUT2D eigenvalue weighted by molar-refractivity contribution is 0.563. The van der Waals surface area contributed by atoms with E-state index in [-0.39, 0.29) is 5.41 Å². The number of hydrogen-bond donors (Lipinski definition) is 2. The average Bonchev–Trinajstić information content (AvgIpc) is 3.65. The third-order valence-electron chi connectivity index (χ3n) is 13.4. The summed E-state index contributed by atoms with van der Waals surface area (Å²) in [6, 6.07) is 80.0. The van der Waals surface area contributed by atoms with Gasteiger partial charge in [-0.3, -0.25) is 0 Å². The molecule has 2 heteroatoms. The zero-order valence-corrected chi connectivity index (χ0v) is 36.5. The minimum Gasteiger partial charge on any atom is -0.398 e. The standard InChI is InChI=1S/C55H42N2.C7H8/c1-54(2)46-19-9-11-21-48(46)55(49-22-12-10-20-47(49)54)45-33-32-42(40-30-28-39(29-31-40)38-26-24-37(25-27-38)36-14-5-3-6-15-36)34-44(45)53-43(18-13-23-50(53)55)52(57)35-51(56)41-16-7-4-8-17-41;1-7-5-3-2-4-6-7/h3-35,57H,56H2,1-2H3;2-6H,1H3/b51-35-,57-52?;. The first kappa shape index (κ1) is 40.3. The van der Waals surface area contributed by atoms with E-state index in [9.17, 15) is 5.41 Å². The van der Waals surface area contributed by atoms with Crippen molar-refractivity contribution in [3.63, 3.8) is 0 Å². The lowest BCUT2D eigenvalue weighted by Gasteiger charge is -2.46. The summed E-state index contributed by atoms with van der Waals surface area (Å²) in [7, 11) is 0. The predicted molar refractivity (Wildman–Crippen MR) is 269 cm³/mol. The average molecular weight is 823 g/mol. The Kier molecular flexibility index (Phi) is 10.4. The number of allylic oxidation sites excluding steroid dienone is 1. The Morgan fingerprint density at radius 3 is 1.36 bits per heavy atom. The van der Waals surface area contributed by atoms with Crippen molar-refractivity contribution in [3.8, 4) is 44.5 Å². The van der Waals surface area contributed by atoms with Crippen LogP contribution in [0.4, 0.5) is 0 Å². The largest absolute Gasteiger partial charge is 0.398 e. The van der Waals surface area contributed by atoms with Crippen molar-refractivity contribution in [1.29, 1.82) is 5.41 Å². The van der Waals surface area contributed by atoms with Gasteiger partial charge < -0.3 is 11.1 Å². The number of aryl methyl sites for hydroxylation is 1. The summed E-state index contributed by atoms with van der Waals surface area (Å²) < 4.78 is 0. The van der Waals surface area contributed by atoms with E-state index in [1.165, 1.54) is 61.2 Å². The molecule has 0 aliphatic heterocycles. The monoisotopic (exact) mass is 822 g/mol. The second kappa shape index (κ2) is 16.5. The molecule has 308 valence electrons. The Morgan fingerprint density at radius 2 is 0.844 bits per heavy atom. The molecule has 0 amide bonds. The number of hydrogen-bond acceptors (Lipinski definition) is 2. The van der Waals surface area contributed by atoms with E-state index < -0.39 is 5.41 Å². The van der Waals surface area contributed by atoms with Gasteiger partial charge in [-0.25, -0.2) is 0 Å². The molecule has 0 atom stereocenters. The molecule has 9 aromatic carbocycles. The molecule has 2 aliphatic carbocycles. The Morgan fingerprint density at radius 1 is 0.422 bits per heavy atom. The summed E-state index contributed by atoms with van der Waals surface area (Å²) in [5.41, 5.74) is 27.0. The maximum atomic E-state index is 9.60. The SMILES string of the molecule is CC1(C)c2ccccc2C2(c3ccc(-c4ccc(-c5ccc(-c6ccccc6)cc5)cc4)cc3-c3c(C(=N)/C=C(\N)c4ccccc4)cccc32)c2ccccc21.Cc1ccccc1. The van der Waals surface area contributed by atoms with Gasteiger partial charge in [0.15, 0.2) is 0 Å². The van der Waals surface area contributed by atoms with Gasteiger partial charge in [0.25, 0.3) is 0 Å². The van der Waals surface area contributed by atoms with E-state index in [0.29, 0.717) is 11.4 Å². The number of nitrogens with two attached hydrogens (primary N) is 1. The molecule has 0 unspecified atom stereocenters. The third-order valence-corrected chi connectivity index (χ3v) is 13.4. The molecule has 2 aliphatic rings. The number of benzene rings is 9. The molecule has 0 radical (unpaired) electrons. The molecule has 0 saturated heterocycles. The Balaban J connectivity index is 0.000000634. The van der Waals surface area contributed by atoms with Crippen LogP contribution < -0.4 is 5.73 Å². The van der Waals surface area contributed by atoms with Gasteiger partial charge in [-0.05, 0) is 103 Å². The normalized spacial score (nSPS) is 13.7. The van der Waals surface area contributed by atoms with Crippen molar-refractivity contribution in [2.75, 3.05) is 0 Å². The van der Waals surface area contributed by atoms with Crippen molar-refractivity contribution < 1.29 is 0 Å². The van der Waals surface area contributed by atoms with Gasteiger partial charge in [-0.2, -0.15) is 0 Å². The van der Waals surface area contributed by atoms with E-state index in [2.05, 4.69) is 197 Å². The van der Waals surface area contributed by atoms with Crippen LogP contribution in [0, 0.1) is 12.3 Å². The van der Waals surface area contributed by atoms with Gasteiger partial charge in [-0.15, -0.1) is 0 Å². The van der Waals surface area contributed by atoms with Crippen molar-refractivity contribution in [2.45, 2.75) is 31.6 Å². The molecule has 3 N–H and O–H groups in total. The molecule has 0 bridgehead atoms. The number of nitrogens with one attached hydrogen (secondary N) is 1. The highest BCUT2D eigenvalue weighted by molar-refractivity contribution is 6.15. The first-order valence-corrected chi connectivity index (χ1v) is 22.1. The van der Waals surface area contributed by atoms with Crippen LogP contribution in [0.1, 0.15) is 63.9 Å². The highest BCUT2D eigenvalue weighted by Crippen LogP contribution is 2.63. The molecule has 0 aromatic heterocycles. The predicted octanol–water partition coefficient (Wildman–Crippen LogP) is 15.1. The van der Waals surface area contributed by atoms with Crippen LogP contribution in [-0.2, 0) is 10.8 Å². The quantitative estimate of drug-likeness (QED) is 0.161. The second-order valence-corrected chi connectivity index (χ2v) is 17.5. The fourth-order valence-corrected chi connectivity index (χ4v) is 10.2. The van der Waals surface area contributed by atoms with Crippen LogP contribution >= 0.6 is 0 Å². The number of fused-ring (bicyclic) bond motifs is 9. The van der Waals surface area contributed by atoms with E-state index in [1.54, 1.807) is 0 Å². The minimum atomic E-state index is -0.563. The highest BCUT2D eigenvalue weighted by atomic mass is 14.6. The number of rotatable bonds is 6. The molecular formula is C62H50N2. The van der Waals surface area contributed by atoms with Crippen LogP contribution in [0.3, 0.4) is 0 Å². The molecule has 64 heavy (non-hydrogen) atoms. The van der Waals surface area contributed by atoms with E-state index in [1.807, 2.05) is 54.6 Å². The molecule has 2 nitrogen and oxygen atoms in total. The molecule has 1 spiro atoms. The van der Waals surface area contributed by atoms with Crippen LogP contribution in [0.15, 0.2) is 231 Å². The lowest BCUT2D eigenvalue weighted by Crippen LogP contribution is -2.40. The first-order valence-electron chi connectivity index (χ1n) is 22.1. The molecule has 9 aromatic rings. The van der Waals surface area contributed by atoms with Crippen molar-refractivity contribution in [1.82, 2.24) is 0 Å². The lowest BCUT2D eigenvalue weighted by atomic mass is 9.55. The summed E-state index contributed by atoms with van der Waals surface area (Å²) in [6.45, 7) is 6.78. The molecular weight excluding hydrogens is 773 g/mol. The highest BCUT2D eigenvalue weighted by Gasteiger charge is 2.53. The Labute approximate surface area is 377 Å². The van der Waals surface area contributed by atoms with Gasteiger partial charge >= 0.3 is 0 Å². The Hall–Kier alpha value is -7.81. The van der Waals surface area contributed by atoms with Crippen LogP contribution in [-0.4, -0.2) is 5.71 Å². The summed E-state index contributed by atoms with van der Waals surface area (Å²) in [6.07, 6.45) is 1.82. The van der Waals surface area contributed by atoms with Crippen molar-refractivity contribution in [2.24, 2.45) is 5.73 Å².